The van der Waals surface area contributed by atoms with Crippen LogP contribution in [0.3, 0.4) is 0 Å². The predicted octanol–water partition coefficient (Wildman–Crippen LogP) is 4.47. The van der Waals surface area contributed by atoms with Crippen molar-refractivity contribution < 1.29 is 14.6 Å². The van der Waals surface area contributed by atoms with Crippen LogP contribution in [0.2, 0.25) is 0 Å². The van der Waals surface area contributed by atoms with Gasteiger partial charge in [-0.1, -0.05) is 18.7 Å². The number of aliphatic hydroxyl groups is 1. The second kappa shape index (κ2) is 12.8. The molecule has 0 spiro atoms. The maximum atomic E-state index is 11.9. The molecule has 1 N–H and O–H groups in total. The molecule has 9 heteroatoms. The van der Waals surface area contributed by atoms with Gasteiger partial charge in [0.2, 0.25) is 11.9 Å². The molecule has 0 saturated carbocycles. The number of hydrogen-bond donors (Lipinski definition) is 1. The van der Waals surface area contributed by atoms with Gasteiger partial charge in [0.15, 0.2) is 0 Å². The summed E-state index contributed by atoms with van der Waals surface area (Å²) in [6.07, 6.45) is 15.7. The largest absolute Gasteiger partial charge is 0.509 e. The van der Waals surface area contributed by atoms with E-state index < -0.39 is 0 Å². The van der Waals surface area contributed by atoms with E-state index in [4.69, 9.17) is 19.7 Å². The van der Waals surface area contributed by atoms with Gasteiger partial charge in [-0.15, -0.1) is 0 Å². The van der Waals surface area contributed by atoms with E-state index >= 15 is 0 Å². The van der Waals surface area contributed by atoms with Crippen LogP contribution in [-0.2, 0) is 16.0 Å². The summed E-state index contributed by atoms with van der Waals surface area (Å²) >= 11 is 0. The normalized spacial score (nSPS) is 23.8. The molecule has 5 rings (SSSR count). The zero-order valence-electron chi connectivity index (χ0n) is 23.9. The Morgan fingerprint density at radius 2 is 1.98 bits per heavy atom. The number of anilines is 2. The number of aromatic nitrogens is 2. The van der Waals surface area contributed by atoms with Gasteiger partial charge >= 0.3 is 0 Å². The zero-order valence-corrected chi connectivity index (χ0v) is 23.9. The first-order chi connectivity index (χ1) is 19.4. The van der Waals surface area contributed by atoms with Gasteiger partial charge in [-0.3, -0.25) is 9.79 Å². The first-order valence-corrected chi connectivity index (χ1v) is 14.6. The Hall–Kier alpha value is -3.46. The minimum Gasteiger partial charge on any atom is -0.509 e. The third-order valence-corrected chi connectivity index (χ3v) is 8.33. The molecule has 1 aromatic heterocycles. The number of ether oxygens (including phenoxy) is 1. The van der Waals surface area contributed by atoms with Crippen molar-refractivity contribution in [2.45, 2.75) is 58.4 Å². The van der Waals surface area contributed by atoms with Gasteiger partial charge in [-0.05, 0) is 62.7 Å². The maximum absolute atomic E-state index is 11.9. The number of allylic oxidation sites excluding steroid dienone is 5. The van der Waals surface area contributed by atoms with Crippen LogP contribution in [0.1, 0.15) is 57.2 Å². The molecule has 2 fully saturated rings. The molecule has 2 unspecified atom stereocenters. The van der Waals surface area contributed by atoms with Crippen molar-refractivity contribution in [1.82, 2.24) is 14.9 Å². The third-order valence-electron chi connectivity index (χ3n) is 8.33. The number of aliphatic imine (C=N–C) groups is 1. The molecule has 0 radical (unpaired) electrons. The number of rotatable bonds is 7. The van der Waals surface area contributed by atoms with Crippen LogP contribution in [0.4, 0.5) is 11.8 Å². The fraction of sp³-hybridized carbons (Fsp3) is 0.548. The summed E-state index contributed by atoms with van der Waals surface area (Å²) < 4.78 is 5.58. The van der Waals surface area contributed by atoms with Crippen molar-refractivity contribution >= 4 is 29.5 Å². The van der Waals surface area contributed by atoms with Gasteiger partial charge in [0.05, 0.1) is 24.9 Å². The lowest BCUT2D eigenvalue weighted by atomic mass is 9.93. The smallest absolute Gasteiger partial charge is 0.228 e. The lowest BCUT2D eigenvalue weighted by Crippen LogP contribution is -2.38. The van der Waals surface area contributed by atoms with Crippen molar-refractivity contribution in [3.8, 4) is 0 Å². The highest BCUT2D eigenvalue weighted by Gasteiger charge is 2.32. The van der Waals surface area contributed by atoms with Gasteiger partial charge in [-0.25, -0.2) is 4.98 Å². The topological polar surface area (TPSA) is 94.4 Å². The van der Waals surface area contributed by atoms with Crippen molar-refractivity contribution in [2.75, 3.05) is 55.7 Å². The second-order valence-corrected chi connectivity index (χ2v) is 11.2. The van der Waals surface area contributed by atoms with Gasteiger partial charge in [0.1, 0.15) is 11.6 Å². The number of fused-ring (bicyclic) bond motifs is 1. The van der Waals surface area contributed by atoms with E-state index in [1.54, 1.807) is 13.0 Å². The molecule has 1 amide bonds. The zero-order chi connectivity index (χ0) is 28.1. The fourth-order valence-corrected chi connectivity index (χ4v) is 6.13. The molecule has 1 aromatic rings. The summed E-state index contributed by atoms with van der Waals surface area (Å²) in [5.74, 6) is 2.52. The van der Waals surface area contributed by atoms with Crippen LogP contribution < -0.4 is 9.80 Å². The first kappa shape index (κ1) is 28.1. The molecule has 2 atom stereocenters. The highest BCUT2D eigenvalue weighted by atomic mass is 16.5. The maximum Gasteiger partial charge on any atom is 0.228 e. The Balaban J connectivity index is 1.39. The van der Waals surface area contributed by atoms with Crippen LogP contribution in [0.25, 0.3) is 5.57 Å². The molecule has 0 aromatic carbocycles. The van der Waals surface area contributed by atoms with E-state index in [1.165, 1.54) is 5.56 Å². The SMILES string of the molecule is C=C(O)/C=C\C=C(/C)c1nc(N2CCOCC2)nc2c1CCN2C1C=C(CC2CCCN(C(C)=O)CC2)N=CC1. The molecule has 0 aliphatic carbocycles. The first-order valence-electron chi connectivity index (χ1n) is 14.6. The third kappa shape index (κ3) is 6.63. The standard InChI is InChI=1S/C31H42N6O3/c1-22(6-4-7-23(2)38)29-28-11-15-37(30(28)34-31(33-29)36-16-18-40-19-17-36)27-9-12-32-26(21-27)20-25-8-5-13-35(14-10-25)24(3)39/h4,6-7,12,21,25,27,38H,2,5,8-11,13-20H2,1,3H3/b7-4-,22-6+. The molecule has 2 saturated heterocycles. The summed E-state index contributed by atoms with van der Waals surface area (Å²) in [6.45, 7) is 12.8. The summed E-state index contributed by atoms with van der Waals surface area (Å²) in [5, 5.41) is 9.46. The Labute approximate surface area is 237 Å². The number of carbonyl (C=O) groups is 1. The number of amides is 1. The van der Waals surface area contributed by atoms with Crippen LogP contribution in [-0.4, -0.2) is 84.1 Å². The number of morpholine rings is 1. The van der Waals surface area contributed by atoms with E-state index in [0.717, 1.165) is 100.0 Å². The fourth-order valence-electron chi connectivity index (χ4n) is 6.13. The number of aliphatic hydroxyl groups excluding tert-OH is 1. The van der Waals surface area contributed by atoms with Gasteiger partial charge in [-0.2, -0.15) is 4.98 Å². The van der Waals surface area contributed by atoms with Gasteiger partial charge < -0.3 is 24.5 Å². The minimum absolute atomic E-state index is 0.0266. The Kier molecular flexibility index (Phi) is 8.99. The summed E-state index contributed by atoms with van der Waals surface area (Å²) in [5.41, 5.74) is 4.32. The molecule has 40 heavy (non-hydrogen) atoms. The molecule has 4 aliphatic rings. The Bertz CT molecular complexity index is 1230. The summed E-state index contributed by atoms with van der Waals surface area (Å²) in [6, 6.07) is 0.204. The summed E-state index contributed by atoms with van der Waals surface area (Å²) in [7, 11) is 0. The highest BCUT2D eigenvalue weighted by Crippen LogP contribution is 2.37. The van der Waals surface area contributed by atoms with E-state index in [9.17, 15) is 9.90 Å². The highest BCUT2D eigenvalue weighted by molar-refractivity contribution is 5.74. The molecule has 9 nitrogen and oxygen atoms in total. The van der Waals surface area contributed by atoms with E-state index in [-0.39, 0.29) is 17.7 Å². The predicted molar refractivity (Wildman–Crippen MR) is 160 cm³/mol. The van der Waals surface area contributed by atoms with Gasteiger partial charge in [0.25, 0.3) is 0 Å². The quantitative estimate of drug-likeness (QED) is 0.398. The van der Waals surface area contributed by atoms with Crippen LogP contribution in [0.15, 0.2) is 47.3 Å². The summed E-state index contributed by atoms with van der Waals surface area (Å²) in [4.78, 5) is 33.5. The van der Waals surface area contributed by atoms with E-state index in [2.05, 4.69) is 35.6 Å². The minimum atomic E-state index is 0.0266. The van der Waals surface area contributed by atoms with Gasteiger partial charge in [0, 0.05) is 63.5 Å². The van der Waals surface area contributed by atoms with Crippen LogP contribution >= 0.6 is 0 Å². The number of likely N-dealkylation sites (tertiary alicyclic amines) is 1. The van der Waals surface area contributed by atoms with Crippen molar-refractivity contribution in [3.63, 3.8) is 0 Å². The average molecular weight is 547 g/mol. The number of carbonyl (C=O) groups excluding carboxylic acids is 1. The van der Waals surface area contributed by atoms with E-state index in [0.29, 0.717) is 19.1 Å². The number of nitrogens with zero attached hydrogens (tertiary/aromatic N) is 6. The second-order valence-electron chi connectivity index (χ2n) is 11.2. The number of hydrogen-bond acceptors (Lipinski definition) is 8. The van der Waals surface area contributed by atoms with Crippen molar-refractivity contribution in [3.05, 3.63) is 53.6 Å². The monoisotopic (exact) mass is 546 g/mol. The Morgan fingerprint density at radius 1 is 1.15 bits per heavy atom. The molecule has 214 valence electrons. The molecule has 0 bridgehead atoms. The van der Waals surface area contributed by atoms with E-state index in [1.807, 2.05) is 17.1 Å². The van der Waals surface area contributed by atoms with Crippen molar-refractivity contribution in [1.29, 1.82) is 0 Å². The lowest BCUT2D eigenvalue weighted by Gasteiger charge is -2.31. The average Bonchev–Trinajstić information content (AvgIpc) is 3.24. The molecule has 4 aliphatic heterocycles. The van der Waals surface area contributed by atoms with Crippen LogP contribution in [0.5, 0.6) is 0 Å². The molecule has 5 heterocycles. The molecular formula is C31H42N6O3. The van der Waals surface area contributed by atoms with Crippen molar-refractivity contribution in [2.24, 2.45) is 10.9 Å². The molecular weight excluding hydrogens is 504 g/mol. The Morgan fingerprint density at radius 3 is 2.75 bits per heavy atom. The lowest BCUT2D eigenvalue weighted by molar-refractivity contribution is -0.128. The van der Waals surface area contributed by atoms with Crippen LogP contribution in [0, 0.1) is 5.92 Å².